The summed E-state index contributed by atoms with van der Waals surface area (Å²) in [5.41, 5.74) is -0.197. The molecule has 1 aromatic rings. The molecule has 20 heavy (non-hydrogen) atoms. The molecule has 0 amide bonds. The highest BCUT2D eigenvalue weighted by Crippen LogP contribution is 2.29. The summed E-state index contributed by atoms with van der Waals surface area (Å²) >= 11 is 0. The molecule has 0 heterocycles. The molecule has 1 rings (SSSR count). The zero-order valence-corrected chi connectivity index (χ0v) is 10.8. The minimum atomic E-state index is -4.41. The number of rotatable bonds is 5. The van der Waals surface area contributed by atoms with Gasteiger partial charge in [0, 0.05) is 12.5 Å². The lowest BCUT2D eigenvalue weighted by Gasteiger charge is -2.17. The van der Waals surface area contributed by atoms with Crippen LogP contribution >= 0.6 is 0 Å². The van der Waals surface area contributed by atoms with Gasteiger partial charge < -0.3 is 5.32 Å². The Bertz CT molecular complexity index is 406. The smallest absolute Gasteiger partial charge is 0.317 e. The highest BCUT2D eigenvalue weighted by Gasteiger charge is 2.30. The average molecular weight is 299 g/mol. The maximum Gasteiger partial charge on any atom is 0.416 e. The summed E-state index contributed by atoms with van der Waals surface area (Å²) in [4.78, 5) is 0. The Kier molecular flexibility index (Phi) is 5.44. The molecule has 0 saturated carbocycles. The van der Waals surface area contributed by atoms with Crippen LogP contribution in [0.3, 0.4) is 0 Å². The molecule has 1 unspecified atom stereocenters. The van der Waals surface area contributed by atoms with Crippen LogP contribution in [0.1, 0.15) is 24.0 Å². The van der Waals surface area contributed by atoms with Crippen molar-refractivity contribution in [2.75, 3.05) is 7.05 Å². The van der Waals surface area contributed by atoms with Crippen molar-refractivity contribution in [2.45, 2.75) is 37.7 Å². The molecule has 0 saturated heterocycles. The Morgan fingerprint density at radius 2 is 1.55 bits per heavy atom. The fourth-order valence-electron chi connectivity index (χ4n) is 1.80. The van der Waals surface area contributed by atoms with Crippen LogP contribution in [0, 0.1) is 0 Å². The van der Waals surface area contributed by atoms with E-state index in [4.69, 9.17) is 0 Å². The van der Waals surface area contributed by atoms with Gasteiger partial charge in [0.15, 0.2) is 0 Å². The topological polar surface area (TPSA) is 12.0 Å². The first-order chi connectivity index (χ1) is 9.12. The standard InChI is InChI=1S/C13H15F6N/c1-20-11(6-7-12(14,15)16)8-9-2-4-10(5-3-9)13(17,18)19/h2-5,11,20H,6-8H2,1H3. The fourth-order valence-corrected chi connectivity index (χ4v) is 1.80. The van der Waals surface area contributed by atoms with Gasteiger partial charge in [-0.25, -0.2) is 0 Å². The zero-order valence-electron chi connectivity index (χ0n) is 10.8. The van der Waals surface area contributed by atoms with Crippen LogP contribution < -0.4 is 5.32 Å². The second-order valence-electron chi connectivity index (χ2n) is 4.54. The van der Waals surface area contributed by atoms with Crippen molar-refractivity contribution < 1.29 is 26.3 Å². The largest absolute Gasteiger partial charge is 0.416 e. The summed E-state index contributed by atoms with van der Waals surface area (Å²) in [7, 11) is 1.53. The van der Waals surface area contributed by atoms with Gasteiger partial charge in [0.2, 0.25) is 0 Å². The monoisotopic (exact) mass is 299 g/mol. The van der Waals surface area contributed by atoms with Crippen LogP contribution in [-0.4, -0.2) is 19.3 Å². The fraction of sp³-hybridized carbons (Fsp3) is 0.538. The SMILES string of the molecule is CNC(CCC(F)(F)F)Cc1ccc(C(F)(F)F)cc1. The van der Waals surface area contributed by atoms with Gasteiger partial charge in [-0.05, 0) is 37.6 Å². The minimum absolute atomic E-state index is 0.110. The number of likely N-dealkylation sites (N-methyl/N-ethyl adjacent to an activating group) is 1. The summed E-state index contributed by atoms with van der Waals surface area (Å²) in [5, 5.41) is 2.75. The van der Waals surface area contributed by atoms with E-state index in [-0.39, 0.29) is 12.8 Å². The Morgan fingerprint density at radius 3 is 1.95 bits per heavy atom. The van der Waals surface area contributed by atoms with E-state index in [0.717, 1.165) is 12.1 Å². The van der Waals surface area contributed by atoms with Crippen molar-refractivity contribution in [3.8, 4) is 0 Å². The lowest BCUT2D eigenvalue weighted by Crippen LogP contribution is -2.29. The van der Waals surface area contributed by atoms with Crippen LogP contribution in [0.5, 0.6) is 0 Å². The first kappa shape index (κ1) is 16.8. The number of benzene rings is 1. The maximum absolute atomic E-state index is 12.4. The molecule has 1 aromatic carbocycles. The number of alkyl halides is 6. The second-order valence-corrected chi connectivity index (χ2v) is 4.54. The molecule has 1 atom stereocenters. The van der Waals surface area contributed by atoms with Gasteiger partial charge in [-0.2, -0.15) is 26.3 Å². The molecule has 0 aliphatic heterocycles. The van der Waals surface area contributed by atoms with Gasteiger partial charge in [-0.15, -0.1) is 0 Å². The molecule has 0 bridgehead atoms. The van der Waals surface area contributed by atoms with E-state index in [1.807, 2.05) is 0 Å². The van der Waals surface area contributed by atoms with E-state index in [1.54, 1.807) is 0 Å². The van der Waals surface area contributed by atoms with Gasteiger partial charge in [-0.1, -0.05) is 12.1 Å². The van der Waals surface area contributed by atoms with Crippen molar-refractivity contribution in [1.82, 2.24) is 5.32 Å². The third kappa shape index (κ3) is 5.81. The second kappa shape index (κ2) is 6.47. The summed E-state index contributed by atoms with van der Waals surface area (Å²) in [5.74, 6) is 0. The predicted molar refractivity (Wildman–Crippen MR) is 63.3 cm³/mol. The molecule has 0 aliphatic rings. The van der Waals surface area contributed by atoms with Gasteiger partial charge in [0.1, 0.15) is 0 Å². The van der Waals surface area contributed by atoms with Gasteiger partial charge in [-0.3, -0.25) is 0 Å². The molecule has 0 aromatic heterocycles. The molecule has 1 N–H and O–H groups in total. The number of nitrogens with one attached hydrogen (secondary N) is 1. The van der Waals surface area contributed by atoms with Gasteiger partial charge >= 0.3 is 12.4 Å². The van der Waals surface area contributed by atoms with E-state index in [0.29, 0.717) is 5.56 Å². The number of hydrogen-bond donors (Lipinski definition) is 1. The Hall–Kier alpha value is -1.24. The Morgan fingerprint density at radius 1 is 1.00 bits per heavy atom. The highest BCUT2D eigenvalue weighted by atomic mass is 19.4. The average Bonchev–Trinajstić information content (AvgIpc) is 2.33. The molecule has 0 aliphatic carbocycles. The predicted octanol–water partition coefficient (Wildman–Crippen LogP) is 4.18. The molecular weight excluding hydrogens is 284 g/mol. The lowest BCUT2D eigenvalue weighted by molar-refractivity contribution is -0.138. The Balaban J connectivity index is 2.62. The molecule has 1 nitrogen and oxygen atoms in total. The minimum Gasteiger partial charge on any atom is -0.317 e. The summed E-state index contributed by atoms with van der Waals surface area (Å²) in [6.45, 7) is 0. The first-order valence-corrected chi connectivity index (χ1v) is 6.02. The van der Waals surface area contributed by atoms with E-state index in [2.05, 4.69) is 5.32 Å². The van der Waals surface area contributed by atoms with Crippen LogP contribution in [0.15, 0.2) is 24.3 Å². The van der Waals surface area contributed by atoms with Crippen LogP contribution in [0.25, 0.3) is 0 Å². The van der Waals surface area contributed by atoms with Crippen molar-refractivity contribution in [1.29, 1.82) is 0 Å². The van der Waals surface area contributed by atoms with Crippen LogP contribution in [0.4, 0.5) is 26.3 Å². The summed E-state index contributed by atoms with van der Waals surface area (Å²) < 4.78 is 73.5. The van der Waals surface area contributed by atoms with Gasteiger partial charge in [0.25, 0.3) is 0 Å². The molecule has 7 heteroatoms. The van der Waals surface area contributed by atoms with Crippen molar-refractivity contribution in [3.63, 3.8) is 0 Å². The van der Waals surface area contributed by atoms with Crippen molar-refractivity contribution >= 4 is 0 Å². The van der Waals surface area contributed by atoms with E-state index in [1.165, 1.54) is 19.2 Å². The molecule has 114 valence electrons. The van der Waals surface area contributed by atoms with Crippen LogP contribution in [-0.2, 0) is 12.6 Å². The molecule has 0 spiro atoms. The maximum atomic E-state index is 12.4. The van der Waals surface area contributed by atoms with Crippen molar-refractivity contribution in [3.05, 3.63) is 35.4 Å². The quantitative estimate of drug-likeness (QED) is 0.804. The van der Waals surface area contributed by atoms with E-state index >= 15 is 0 Å². The normalized spacial score (nSPS) is 14.3. The molecule has 0 fully saturated rings. The summed E-state index contributed by atoms with van der Waals surface area (Å²) in [6, 6.07) is 4.03. The molecule has 0 radical (unpaired) electrons. The van der Waals surface area contributed by atoms with E-state index in [9.17, 15) is 26.3 Å². The zero-order chi connectivity index (χ0) is 15.4. The highest BCUT2D eigenvalue weighted by molar-refractivity contribution is 5.25. The lowest BCUT2D eigenvalue weighted by atomic mass is 10.0. The molecular formula is C13H15F6N. The van der Waals surface area contributed by atoms with E-state index < -0.39 is 30.4 Å². The Labute approximate surface area is 113 Å². The number of halogens is 6. The first-order valence-electron chi connectivity index (χ1n) is 6.02. The number of hydrogen-bond acceptors (Lipinski definition) is 1. The third-order valence-corrected chi connectivity index (χ3v) is 2.95. The van der Waals surface area contributed by atoms with Crippen molar-refractivity contribution in [2.24, 2.45) is 0 Å². The third-order valence-electron chi connectivity index (χ3n) is 2.95. The summed E-state index contributed by atoms with van der Waals surface area (Å²) in [6.07, 6.45) is -9.41. The van der Waals surface area contributed by atoms with Gasteiger partial charge in [0.05, 0.1) is 5.56 Å². The van der Waals surface area contributed by atoms with Crippen LogP contribution in [0.2, 0.25) is 0 Å².